The van der Waals surface area contributed by atoms with Gasteiger partial charge in [0.25, 0.3) is 0 Å². The van der Waals surface area contributed by atoms with Gasteiger partial charge in [0.05, 0.1) is 20.3 Å². The molecule has 5 rings (SSSR count). The molecule has 172 valence electrons. The number of carbonyl (C=O) groups excluding carboxylic acids is 1. The molecule has 0 spiro atoms. The van der Waals surface area contributed by atoms with Crippen LogP contribution in [0.5, 0.6) is 17.2 Å². The van der Waals surface area contributed by atoms with Crippen molar-refractivity contribution in [3.8, 4) is 17.2 Å². The van der Waals surface area contributed by atoms with Crippen molar-refractivity contribution in [3.63, 3.8) is 0 Å². The maximum atomic E-state index is 13.1. The third-order valence-electron chi connectivity index (χ3n) is 6.85. The van der Waals surface area contributed by atoms with Gasteiger partial charge < -0.3 is 14.2 Å². The van der Waals surface area contributed by atoms with Crippen LogP contribution >= 0.6 is 0 Å². The monoisotopic (exact) mass is 446 g/mol. The van der Waals surface area contributed by atoms with Crippen LogP contribution in [0.3, 0.4) is 0 Å². The molecule has 1 saturated heterocycles. The van der Waals surface area contributed by atoms with Gasteiger partial charge in [-0.15, -0.1) is 0 Å². The van der Waals surface area contributed by atoms with Gasteiger partial charge in [-0.2, -0.15) is 0 Å². The Balaban J connectivity index is 1.15. The number of benzene rings is 3. The van der Waals surface area contributed by atoms with Gasteiger partial charge in [-0.25, -0.2) is 0 Å². The summed E-state index contributed by atoms with van der Waals surface area (Å²) in [4.78, 5) is 17.8. The molecule has 6 nitrogen and oxygen atoms in total. The van der Waals surface area contributed by atoms with Gasteiger partial charge in [0.1, 0.15) is 12.4 Å². The molecule has 3 aromatic rings. The number of ether oxygens (including phenoxy) is 3. The second kappa shape index (κ2) is 9.41. The normalized spacial score (nSPS) is 19.0. The van der Waals surface area contributed by atoms with E-state index < -0.39 is 0 Å². The third kappa shape index (κ3) is 4.28. The number of fused-ring (bicyclic) bond motifs is 2. The number of methoxy groups -OCH3 is 2. The Bertz CT molecular complexity index is 1150. The van der Waals surface area contributed by atoms with E-state index in [1.807, 2.05) is 36.4 Å². The van der Waals surface area contributed by atoms with Gasteiger partial charge in [0.2, 0.25) is 0 Å². The van der Waals surface area contributed by atoms with Crippen LogP contribution in [0.2, 0.25) is 0 Å². The van der Waals surface area contributed by atoms with Crippen molar-refractivity contribution >= 4 is 16.6 Å². The lowest BCUT2D eigenvalue weighted by atomic mass is 10.1. The van der Waals surface area contributed by atoms with E-state index in [0.29, 0.717) is 18.1 Å². The lowest BCUT2D eigenvalue weighted by Crippen LogP contribution is -2.52. The SMILES string of the molecule is COc1cc2c(cc1OC)C(=O)C(N1CCN(CCOc3cccc4ccccc34)CC1)C2. The zero-order chi connectivity index (χ0) is 22.8. The first-order chi connectivity index (χ1) is 16.2. The molecule has 1 unspecified atom stereocenters. The number of nitrogens with zero attached hydrogens (tertiary/aromatic N) is 2. The molecule has 1 heterocycles. The minimum Gasteiger partial charge on any atom is -0.493 e. The average Bonchev–Trinajstić information content (AvgIpc) is 3.19. The summed E-state index contributed by atoms with van der Waals surface area (Å²) in [5, 5.41) is 2.35. The van der Waals surface area contributed by atoms with E-state index in [-0.39, 0.29) is 11.8 Å². The van der Waals surface area contributed by atoms with Crippen molar-refractivity contribution in [2.75, 3.05) is 53.6 Å². The van der Waals surface area contributed by atoms with E-state index in [1.165, 1.54) is 5.39 Å². The van der Waals surface area contributed by atoms with Crippen LogP contribution in [0.1, 0.15) is 15.9 Å². The molecule has 3 aromatic carbocycles. The average molecular weight is 447 g/mol. The predicted octanol–water partition coefficient (Wildman–Crippen LogP) is 3.66. The third-order valence-corrected chi connectivity index (χ3v) is 6.85. The topological polar surface area (TPSA) is 51.2 Å². The standard InChI is InChI=1S/C27H30N2O4/c1-31-25-17-20-16-23(27(30)22(20)18-26(25)32-2)29-12-10-28(11-13-29)14-15-33-24-9-5-7-19-6-3-4-8-21(19)24/h3-9,17-18,23H,10-16H2,1-2H3. The molecule has 1 fully saturated rings. The van der Waals surface area contributed by atoms with Gasteiger partial charge in [0, 0.05) is 43.7 Å². The van der Waals surface area contributed by atoms with Crippen molar-refractivity contribution in [1.82, 2.24) is 9.80 Å². The van der Waals surface area contributed by atoms with Crippen LogP contribution in [-0.2, 0) is 6.42 Å². The van der Waals surface area contributed by atoms with Crippen LogP contribution in [0, 0.1) is 0 Å². The fraction of sp³-hybridized carbons (Fsp3) is 0.370. The summed E-state index contributed by atoms with van der Waals surface area (Å²) in [6.45, 7) is 5.17. The molecule has 1 aliphatic carbocycles. The summed E-state index contributed by atoms with van der Waals surface area (Å²) < 4.78 is 16.9. The number of piperazine rings is 1. The molecule has 0 aromatic heterocycles. The van der Waals surface area contributed by atoms with Crippen LogP contribution in [0.25, 0.3) is 10.8 Å². The second-order valence-corrected chi connectivity index (χ2v) is 8.65. The molecule has 6 heteroatoms. The minimum absolute atomic E-state index is 0.0918. The number of carbonyl (C=O) groups is 1. The summed E-state index contributed by atoms with van der Waals surface area (Å²) in [5.41, 5.74) is 1.82. The number of ketones is 1. The van der Waals surface area contributed by atoms with E-state index in [1.54, 1.807) is 14.2 Å². The van der Waals surface area contributed by atoms with Gasteiger partial charge in [0.15, 0.2) is 17.3 Å². The number of Topliss-reactive ketones (excluding diaryl/α,β-unsaturated/α-hetero) is 1. The summed E-state index contributed by atoms with van der Waals surface area (Å²) >= 11 is 0. The molecule has 1 atom stereocenters. The first-order valence-corrected chi connectivity index (χ1v) is 11.5. The Morgan fingerprint density at radius 2 is 1.61 bits per heavy atom. The molecule has 0 bridgehead atoms. The van der Waals surface area contributed by atoms with E-state index in [0.717, 1.165) is 61.4 Å². The van der Waals surface area contributed by atoms with E-state index >= 15 is 0 Å². The highest BCUT2D eigenvalue weighted by atomic mass is 16.5. The van der Waals surface area contributed by atoms with Gasteiger partial charge in [-0.1, -0.05) is 36.4 Å². The van der Waals surface area contributed by atoms with E-state index in [4.69, 9.17) is 14.2 Å². The number of rotatable bonds is 7. The molecule has 0 N–H and O–H groups in total. The van der Waals surface area contributed by atoms with Crippen LogP contribution in [0.4, 0.5) is 0 Å². The molecule has 1 aliphatic heterocycles. The highest BCUT2D eigenvalue weighted by molar-refractivity contribution is 6.05. The Hall–Kier alpha value is -3.09. The summed E-state index contributed by atoms with van der Waals surface area (Å²) in [6.07, 6.45) is 0.735. The molecule has 2 aliphatic rings. The largest absolute Gasteiger partial charge is 0.493 e. The molecular formula is C27H30N2O4. The van der Waals surface area contributed by atoms with Crippen molar-refractivity contribution < 1.29 is 19.0 Å². The lowest BCUT2D eigenvalue weighted by Gasteiger charge is -2.37. The summed E-state index contributed by atoms with van der Waals surface area (Å²) in [7, 11) is 3.23. The van der Waals surface area contributed by atoms with E-state index in [2.05, 4.69) is 28.0 Å². The quantitative estimate of drug-likeness (QED) is 0.552. The summed E-state index contributed by atoms with van der Waals surface area (Å²) in [5.74, 6) is 2.42. The molecule has 33 heavy (non-hydrogen) atoms. The first kappa shape index (κ1) is 21.7. The van der Waals surface area contributed by atoms with Crippen LogP contribution < -0.4 is 14.2 Å². The maximum Gasteiger partial charge on any atom is 0.180 e. The van der Waals surface area contributed by atoms with Crippen molar-refractivity contribution in [3.05, 3.63) is 65.7 Å². The number of hydrogen-bond acceptors (Lipinski definition) is 6. The predicted molar refractivity (Wildman–Crippen MR) is 129 cm³/mol. The van der Waals surface area contributed by atoms with Gasteiger partial charge in [-0.05, 0) is 35.6 Å². The van der Waals surface area contributed by atoms with Gasteiger partial charge >= 0.3 is 0 Å². The zero-order valence-corrected chi connectivity index (χ0v) is 19.3. The Morgan fingerprint density at radius 3 is 2.39 bits per heavy atom. The highest BCUT2D eigenvalue weighted by Crippen LogP contribution is 2.36. The lowest BCUT2D eigenvalue weighted by molar-refractivity contribution is 0.0667. The Labute approximate surface area is 194 Å². The zero-order valence-electron chi connectivity index (χ0n) is 19.3. The molecular weight excluding hydrogens is 416 g/mol. The smallest absolute Gasteiger partial charge is 0.180 e. The highest BCUT2D eigenvalue weighted by Gasteiger charge is 2.37. The van der Waals surface area contributed by atoms with Crippen LogP contribution in [0.15, 0.2) is 54.6 Å². The van der Waals surface area contributed by atoms with Gasteiger partial charge in [-0.3, -0.25) is 14.6 Å². The van der Waals surface area contributed by atoms with Crippen molar-refractivity contribution in [2.24, 2.45) is 0 Å². The summed E-state index contributed by atoms with van der Waals surface area (Å²) in [6, 6.07) is 18.2. The maximum absolute atomic E-state index is 13.1. The minimum atomic E-state index is -0.0918. The fourth-order valence-electron chi connectivity index (χ4n) is 5.00. The van der Waals surface area contributed by atoms with Crippen molar-refractivity contribution in [1.29, 1.82) is 0 Å². The van der Waals surface area contributed by atoms with E-state index in [9.17, 15) is 4.79 Å². The Kier molecular flexibility index (Phi) is 6.20. The molecule has 0 saturated carbocycles. The Morgan fingerprint density at radius 1 is 0.879 bits per heavy atom. The fourth-order valence-corrected chi connectivity index (χ4v) is 5.00. The molecule has 0 radical (unpaired) electrons. The first-order valence-electron chi connectivity index (χ1n) is 11.5. The van der Waals surface area contributed by atoms with Crippen molar-refractivity contribution in [2.45, 2.75) is 12.5 Å². The van der Waals surface area contributed by atoms with Crippen LogP contribution in [-0.4, -0.2) is 75.2 Å². The molecule has 0 amide bonds. The second-order valence-electron chi connectivity index (χ2n) is 8.65. The number of hydrogen-bond donors (Lipinski definition) is 0.